The highest BCUT2D eigenvalue weighted by Crippen LogP contribution is 2.44. The third-order valence-corrected chi connectivity index (χ3v) is 18.3. The van der Waals surface area contributed by atoms with Crippen molar-refractivity contribution < 1.29 is 52.2 Å². The first kappa shape index (κ1) is 53.4. The predicted molar refractivity (Wildman–Crippen MR) is 279 cm³/mol. The number of hydrogen-bond acceptors (Lipinski definition) is 11. The van der Waals surface area contributed by atoms with E-state index in [1.165, 1.54) is 0 Å². The molecule has 382 valence electrons. The molecule has 12 heteroatoms. The molecule has 1 N–H and O–H groups in total. The molecule has 2 aliphatic rings. The van der Waals surface area contributed by atoms with Crippen LogP contribution >= 0.6 is 0 Å². The summed E-state index contributed by atoms with van der Waals surface area (Å²) in [7, 11) is -2.35. The highest BCUT2D eigenvalue weighted by atomic mass is 28.4. The summed E-state index contributed by atoms with van der Waals surface area (Å²) in [5, 5.41) is 11.2. The molecular formula is C60H72O11Si. The molecule has 72 heavy (non-hydrogen) atoms. The number of hydrogen-bond donors (Lipinski definition) is 1. The van der Waals surface area contributed by atoms with Crippen molar-refractivity contribution >= 4 is 8.32 Å². The monoisotopic (exact) mass is 996 g/mol. The fourth-order valence-electron chi connectivity index (χ4n) is 8.73. The molecule has 0 bridgehead atoms. The van der Waals surface area contributed by atoms with Gasteiger partial charge in [-0.3, -0.25) is 0 Å². The van der Waals surface area contributed by atoms with E-state index >= 15 is 0 Å². The molecule has 0 aliphatic carbocycles. The Morgan fingerprint density at radius 3 is 1.26 bits per heavy atom. The molecule has 0 radical (unpaired) electrons. The molecule has 6 aromatic carbocycles. The Morgan fingerprint density at radius 1 is 0.472 bits per heavy atom. The number of aliphatic hydroxyl groups excluding tert-OH is 1. The molecule has 0 spiro atoms. The maximum atomic E-state index is 11.3. The molecule has 11 nitrogen and oxygen atoms in total. The van der Waals surface area contributed by atoms with Crippen LogP contribution in [0.4, 0.5) is 0 Å². The normalized spacial score (nSPS) is 24.6. The summed E-state index contributed by atoms with van der Waals surface area (Å²) < 4.78 is 70.6. The quantitative estimate of drug-likeness (QED) is 0.0553. The number of ether oxygens (including phenoxy) is 9. The van der Waals surface area contributed by atoms with Crippen molar-refractivity contribution in [2.24, 2.45) is 0 Å². The van der Waals surface area contributed by atoms with Gasteiger partial charge in [-0.05, 0) is 51.5 Å². The van der Waals surface area contributed by atoms with E-state index in [1.54, 1.807) is 0 Å². The molecular weight excluding hydrogens is 925 g/mol. The molecule has 2 fully saturated rings. The van der Waals surface area contributed by atoms with Gasteiger partial charge in [-0.2, -0.15) is 0 Å². The van der Waals surface area contributed by atoms with E-state index in [-0.39, 0.29) is 57.9 Å². The first-order chi connectivity index (χ1) is 35.0. The van der Waals surface area contributed by atoms with Gasteiger partial charge in [0, 0.05) is 0 Å². The summed E-state index contributed by atoms with van der Waals surface area (Å²) in [5.74, 6) is -1.72. The average molecular weight is 997 g/mol. The molecule has 0 amide bonds. The second kappa shape index (κ2) is 25.8. The standard InChI is InChI=1S/C60H72O11Si/c1-59(2,3)72(4,5)68-43-52-54(64-39-47-28-16-8-17-29-47)57(67-42-50-34-22-11-23-35-50)60(70-52,44-62-37-45-24-12-6-13-25-45)71-58-56(66-41-49-32-20-10-21-33-49)55(65-40-48-30-18-9-19-31-48)53(51(36-61)69-58)63-38-46-26-14-7-15-27-46/h6-35,51-58,61H,36-44H2,1-5H3/t51-,52-,53-,54-,55+,56-,57+,58-,60+/m1/s1. The van der Waals surface area contributed by atoms with Crippen LogP contribution in [0.1, 0.15) is 54.2 Å². The van der Waals surface area contributed by atoms with E-state index < -0.39 is 69.7 Å². The maximum absolute atomic E-state index is 11.3. The highest BCUT2D eigenvalue weighted by Gasteiger charge is 2.62. The fraction of sp³-hybridized carbons (Fsp3) is 0.400. The molecule has 0 unspecified atom stereocenters. The summed E-state index contributed by atoms with van der Waals surface area (Å²) in [6.45, 7) is 12.1. The topological polar surface area (TPSA) is 113 Å². The van der Waals surface area contributed by atoms with E-state index in [2.05, 4.69) is 33.9 Å². The van der Waals surface area contributed by atoms with Gasteiger partial charge in [-0.25, -0.2) is 0 Å². The van der Waals surface area contributed by atoms with Crippen molar-refractivity contribution in [3.8, 4) is 0 Å². The van der Waals surface area contributed by atoms with Crippen molar-refractivity contribution in [1.82, 2.24) is 0 Å². The van der Waals surface area contributed by atoms with Crippen molar-refractivity contribution in [1.29, 1.82) is 0 Å². The lowest BCUT2D eigenvalue weighted by Gasteiger charge is -2.48. The maximum Gasteiger partial charge on any atom is 0.224 e. The van der Waals surface area contributed by atoms with Crippen LogP contribution < -0.4 is 0 Å². The van der Waals surface area contributed by atoms with Crippen LogP contribution in [0.25, 0.3) is 0 Å². The van der Waals surface area contributed by atoms with E-state index in [0.717, 1.165) is 33.4 Å². The van der Waals surface area contributed by atoms with Crippen LogP contribution in [0.15, 0.2) is 182 Å². The minimum Gasteiger partial charge on any atom is -0.414 e. The number of aliphatic hydroxyl groups is 1. The van der Waals surface area contributed by atoms with Crippen molar-refractivity contribution in [3.63, 3.8) is 0 Å². The Labute approximate surface area is 427 Å². The predicted octanol–water partition coefficient (Wildman–Crippen LogP) is 11.0. The van der Waals surface area contributed by atoms with Gasteiger partial charge < -0.3 is 52.2 Å². The summed E-state index contributed by atoms with van der Waals surface area (Å²) in [5.41, 5.74) is 5.74. The lowest BCUT2D eigenvalue weighted by Crippen LogP contribution is -2.64. The van der Waals surface area contributed by atoms with Crippen LogP contribution in [0.2, 0.25) is 18.1 Å². The molecule has 2 aliphatic heterocycles. The Morgan fingerprint density at radius 2 is 0.847 bits per heavy atom. The second-order valence-corrected chi connectivity index (χ2v) is 24.9. The van der Waals surface area contributed by atoms with Gasteiger partial charge in [-0.15, -0.1) is 0 Å². The zero-order valence-electron chi connectivity index (χ0n) is 42.3. The van der Waals surface area contributed by atoms with Gasteiger partial charge in [0.15, 0.2) is 14.6 Å². The largest absolute Gasteiger partial charge is 0.414 e. The Bertz CT molecular complexity index is 2450. The summed E-state index contributed by atoms with van der Waals surface area (Å²) in [6, 6.07) is 59.8. The summed E-state index contributed by atoms with van der Waals surface area (Å²) in [6.07, 6.45) is -7.09. The minimum atomic E-state index is -2.35. The Kier molecular flexibility index (Phi) is 19.2. The van der Waals surface area contributed by atoms with Gasteiger partial charge in [0.25, 0.3) is 0 Å². The smallest absolute Gasteiger partial charge is 0.224 e. The number of rotatable bonds is 25. The van der Waals surface area contributed by atoms with E-state index in [1.807, 2.05) is 182 Å². The Hall–Kier alpha value is -4.90. The first-order valence-electron chi connectivity index (χ1n) is 25.2. The molecule has 9 atom stereocenters. The SMILES string of the molecule is CC(C)(C)[Si](C)(C)OC[C@H]1O[C@@](COCc2ccccc2)(O[C@H]2O[C@H](CO)[C@@H](OCc3ccccc3)[C@H](OCc3ccccc3)[C@H]2OCc2ccccc2)[C@@H](OCc2ccccc2)[C@@H]1OCc1ccccc1. The highest BCUT2D eigenvalue weighted by molar-refractivity contribution is 6.74. The van der Waals surface area contributed by atoms with Crippen LogP contribution in [0, 0.1) is 0 Å². The van der Waals surface area contributed by atoms with Crippen molar-refractivity contribution in [3.05, 3.63) is 215 Å². The van der Waals surface area contributed by atoms with Crippen LogP contribution in [-0.4, -0.2) is 88.0 Å². The van der Waals surface area contributed by atoms with Crippen LogP contribution in [-0.2, 0) is 86.7 Å². The van der Waals surface area contributed by atoms with Crippen LogP contribution in [0.3, 0.4) is 0 Å². The van der Waals surface area contributed by atoms with Crippen LogP contribution in [0.5, 0.6) is 0 Å². The molecule has 6 aromatic rings. The van der Waals surface area contributed by atoms with Crippen molar-refractivity contribution in [2.75, 3.05) is 19.8 Å². The fourth-order valence-corrected chi connectivity index (χ4v) is 9.74. The van der Waals surface area contributed by atoms with Gasteiger partial charge in [0.2, 0.25) is 5.79 Å². The zero-order valence-corrected chi connectivity index (χ0v) is 43.3. The average Bonchev–Trinajstić information content (AvgIpc) is 3.69. The minimum absolute atomic E-state index is 0.0893. The molecule has 2 heterocycles. The lowest BCUT2D eigenvalue weighted by molar-refractivity contribution is -0.398. The van der Waals surface area contributed by atoms with E-state index in [0.29, 0.717) is 0 Å². The summed E-state index contributed by atoms with van der Waals surface area (Å²) in [4.78, 5) is 0. The van der Waals surface area contributed by atoms with Gasteiger partial charge in [0.1, 0.15) is 49.3 Å². The third kappa shape index (κ3) is 14.4. The Balaban J connectivity index is 1.23. The van der Waals surface area contributed by atoms with Gasteiger partial charge >= 0.3 is 0 Å². The first-order valence-corrected chi connectivity index (χ1v) is 28.1. The molecule has 2 saturated heterocycles. The second-order valence-electron chi connectivity index (χ2n) is 20.1. The van der Waals surface area contributed by atoms with E-state index in [4.69, 9.17) is 47.1 Å². The molecule has 0 saturated carbocycles. The third-order valence-electron chi connectivity index (χ3n) is 13.8. The van der Waals surface area contributed by atoms with Crippen molar-refractivity contribution in [2.45, 2.75) is 133 Å². The molecule has 0 aromatic heterocycles. The lowest BCUT2D eigenvalue weighted by atomic mass is 9.97. The van der Waals surface area contributed by atoms with E-state index in [9.17, 15) is 5.11 Å². The van der Waals surface area contributed by atoms with Gasteiger partial charge in [0.05, 0.1) is 52.9 Å². The zero-order chi connectivity index (χ0) is 50.2. The van der Waals surface area contributed by atoms with Gasteiger partial charge in [-0.1, -0.05) is 203 Å². The number of benzene rings is 6. The molecule has 8 rings (SSSR count). The summed E-state index contributed by atoms with van der Waals surface area (Å²) >= 11 is 0.